The Morgan fingerprint density at radius 1 is 1.13 bits per heavy atom. The van der Waals surface area contributed by atoms with Gasteiger partial charge in [0.25, 0.3) is 0 Å². The molecule has 0 radical (unpaired) electrons. The number of nitrogens with zero attached hydrogens (tertiary/aromatic N) is 1. The first kappa shape index (κ1) is 10.1. The number of rotatable bonds is 2. The Morgan fingerprint density at radius 2 is 1.93 bits per heavy atom. The Balaban J connectivity index is 1.49. The molecule has 3 aliphatic rings. The summed E-state index contributed by atoms with van der Waals surface area (Å²) in [6.45, 7) is 5.25. The van der Waals surface area contributed by atoms with Crippen molar-refractivity contribution in [3.63, 3.8) is 0 Å². The highest BCUT2D eigenvalue weighted by Crippen LogP contribution is 2.38. The fraction of sp³-hybridized carbons (Fsp3) is 1.00. The Kier molecular flexibility index (Phi) is 2.73. The molecule has 15 heavy (non-hydrogen) atoms. The van der Waals surface area contributed by atoms with Gasteiger partial charge in [-0.1, -0.05) is 19.3 Å². The summed E-state index contributed by atoms with van der Waals surface area (Å²) >= 11 is 0. The zero-order valence-electron chi connectivity index (χ0n) is 9.80. The molecule has 1 saturated heterocycles. The molecule has 3 fully saturated rings. The monoisotopic (exact) mass is 208 g/mol. The topological polar surface area (TPSA) is 15.3 Å². The molecule has 2 saturated carbocycles. The maximum atomic E-state index is 3.70. The van der Waals surface area contributed by atoms with E-state index in [0.29, 0.717) is 5.54 Å². The van der Waals surface area contributed by atoms with Crippen molar-refractivity contribution < 1.29 is 0 Å². The summed E-state index contributed by atoms with van der Waals surface area (Å²) in [6.07, 6.45) is 10.3. The Labute approximate surface area is 93.4 Å². The van der Waals surface area contributed by atoms with Crippen molar-refractivity contribution in [2.45, 2.75) is 50.5 Å². The van der Waals surface area contributed by atoms with Crippen LogP contribution in [-0.4, -0.2) is 36.6 Å². The maximum absolute atomic E-state index is 3.70. The van der Waals surface area contributed by atoms with Gasteiger partial charge in [-0.3, -0.25) is 4.90 Å². The molecule has 0 unspecified atom stereocenters. The second-order valence-electron chi connectivity index (χ2n) is 5.95. The van der Waals surface area contributed by atoms with Gasteiger partial charge in [-0.2, -0.15) is 0 Å². The fourth-order valence-corrected chi connectivity index (χ4v) is 3.42. The van der Waals surface area contributed by atoms with Crippen molar-refractivity contribution in [3.8, 4) is 0 Å². The molecular weight excluding hydrogens is 184 g/mol. The molecule has 0 amide bonds. The van der Waals surface area contributed by atoms with Gasteiger partial charge in [-0.15, -0.1) is 0 Å². The van der Waals surface area contributed by atoms with Gasteiger partial charge in [-0.05, 0) is 31.6 Å². The maximum Gasteiger partial charge on any atom is 0.0310 e. The summed E-state index contributed by atoms with van der Waals surface area (Å²) in [6, 6.07) is 0. The number of piperazine rings is 1. The number of hydrogen-bond acceptors (Lipinski definition) is 2. The lowest BCUT2D eigenvalue weighted by Crippen LogP contribution is -2.53. The molecule has 1 heterocycles. The highest BCUT2D eigenvalue weighted by Gasteiger charge is 2.45. The molecule has 1 spiro atoms. The average molecular weight is 208 g/mol. The van der Waals surface area contributed by atoms with E-state index < -0.39 is 0 Å². The second-order valence-corrected chi connectivity index (χ2v) is 5.95. The molecule has 0 aromatic carbocycles. The molecule has 0 bridgehead atoms. The van der Waals surface area contributed by atoms with Crippen molar-refractivity contribution in [1.29, 1.82) is 0 Å². The summed E-state index contributed by atoms with van der Waals surface area (Å²) in [5, 5.41) is 3.70. The summed E-state index contributed by atoms with van der Waals surface area (Å²) in [5.74, 6) is 1.02. The van der Waals surface area contributed by atoms with Crippen molar-refractivity contribution in [1.82, 2.24) is 10.2 Å². The molecular formula is C13H24N2. The van der Waals surface area contributed by atoms with Gasteiger partial charge >= 0.3 is 0 Å². The van der Waals surface area contributed by atoms with Crippen LogP contribution in [0.1, 0.15) is 44.9 Å². The van der Waals surface area contributed by atoms with Gasteiger partial charge in [0, 0.05) is 31.7 Å². The molecule has 1 aliphatic heterocycles. The van der Waals surface area contributed by atoms with Crippen LogP contribution in [0.2, 0.25) is 0 Å². The number of hydrogen-bond donors (Lipinski definition) is 1. The van der Waals surface area contributed by atoms with Crippen LogP contribution in [0.15, 0.2) is 0 Å². The lowest BCUT2D eigenvalue weighted by molar-refractivity contribution is 0.148. The fourth-order valence-electron chi connectivity index (χ4n) is 3.42. The highest BCUT2D eigenvalue weighted by molar-refractivity contribution is 5.06. The van der Waals surface area contributed by atoms with Crippen LogP contribution in [0.4, 0.5) is 0 Å². The van der Waals surface area contributed by atoms with Crippen LogP contribution in [0.25, 0.3) is 0 Å². The van der Waals surface area contributed by atoms with E-state index >= 15 is 0 Å². The highest BCUT2D eigenvalue weighted by atomic mass is 15.2. The third-order valence-corrected chi connectivity index (χ3v) is 4.55. The van der Waals surface area contributed by atoms with E-state index in [1.54, 1.807) is 0 Å². The van der Waals surface area contributed by atoms with Gasteiger partial charge in [-0.25, -0.2) is 0 Å². The standard InChI is InChI=1S/C13H24N2/c1-2-4-12(5-3-1)10-15-9-8-14-13(11-15)6-7-13/h12,14H,1-11H2. The summed E-state index contributed by atoms with van der Waals surface area (Å²) < 4.78 is 0. The van der Waals surface area contributed by atoms with Gasteiger partial charge in [0.1, 0.15) is 0 Å². The first-order valence-electron chi connectivity index (χ1n) is 6.84. The van der Waals surface area contributed by atoms with Gasteiger partial charge in [0.2, 0.25) is 0 Å². The third kappa shape index (κ3) is 2.36. The zero-order chi connectivity index (χ0) is 10.1. The van der Waals surface area contributed by atoms with Crippen LogP contribution in [0.5, 0.6) is 0 Å². The smallest absolute Gasteiger partial charge is 0.0310 e. The predicted octanol–water partition coefficient (Wildman–Crippen LogP) is 2.00. The van der Waals surface area contributed by atoms with E-state index in [2.05, 4.69) is 10.2 Å². The molecule has 2 heteroatoms. The molecule has 0 aromatic heterocycles. The van der Waals surface area contributed by atoms with Crippen molar-refractivity contribution >= 4 is 0 Å². The minimum Gasteiger partial charge on any atom is -0.309 e. The van der Waals surface area contributed by atoms with Crippen molar-refractivity contribution in [3.05, 3.63) is 0 Å². The Hall–Kier alpha value is -0.0800. The summed E-state index contributed by atoms with van der Waals surface area (Å²) in [4.78, 5) is 2.74. The molecule has 86 valence electrons. The van der Waals surface area contributed by atoms with Gasteiger partial charge < -0.3 is 5.32 Å². The first-order valence-corrected chi connectivity index (χ1v) is 6.84. The van der Waals surface area contributed by atoms with Crippen LogP contribution in [0.3, 0.4) is 0 Å². The molecule has 3 rings (SSSR count). The van der Waals surface area contributed by atoms with E-state index in [-0.39, 0.29) is 0 Å². The van der Waals surface area contributed by atoms with E-state index in [4.69, 9.17) is 0 Å². The largest absolute Gasteiger partial charge is 0.309 e. The summed E-state index contributed by atoms with van der Waals surface area (Å²) in [7, 11) is 0. The summed E-state index contributed by atoms with van der Waals surface area (Å²) in [5.41, 5.74) is 0.576. The second kappa shape index (κ2) is 4.06. The molecule has 0 atom stereocenters. The van der Waals surface area contributed by atoms with Crippen molar-refractivity contribution in [2.24, 2.45) is 5.92 Å². The molecule has 1 N–H and O–H groups in total. The van der Waals surface area contributed by atoms with Crippen molar-refractivity contribution in [2.75, 3.05) is 26.2 Å². The van der Waals surface area contributed by atoms with E-state index in [9.17, 15) is 0 Å². The van der Waals surface area contributed by atoms with Crippen LogP contribution in [0, 0.1) is 5.92 Å². The lowest BCUT2D eigenvalue weighted by Gasteiger charge is -2.37. The van der Waals surface area contributed by atoms with Crippen LogP contribution >= 0.6 is 0 Å². The third-order valence-electron chi connectivity index (χ3n) is 4.55. The predicted molar refractivity (Wildman–Crippen MR) is 63.0 cm³/mol. The Morgan fingerprint density at radius 3 is 2.67 bits per heavy atom. The van der Waals surface area contributed by atoms with E-state index in [1.165, 1.54) is 71.1 Å². The van der Waals surface area contributed by atoms with Gasteiger partial charge in [0.05, 0.1) is 0 Å². The minimum atomic E-state index is 0.576. The molecule has 2 aliphatic carbocycles. The van der Waals surface area contributed by atoms with E-state index in [0.717, 1.165) is 5.92 Å². The average Bonchev–Trinajstić information content (AvgIpc) is 2.99. The SMILES string of the molecule is C1CCC(CN2CCNC3(CC3)C2)CC1. The lowest BCUT2D eigenvalue weighted by atomic mass is 9.88. The quantitative estimate of drug-likeness (QED) is 0.747. The van der Waals surface area contributed by atoms with Crippen LogP contribution < -0.4 is 5.32 Å². The first-order chi connectivity index (χ1) is 7.36. The van der Waals surface area contributed by atoms with E-state index in [1.807, 2.05) is 0 Å². The minimum absolute atomic E-state index is 0.576. The number of nitrogens with one attached hydrogen (secondary N) is 1. The van der Waals surface area contributed by atoms with Crippen LogP contribution in [-0.2, 0) is 0 Å². The Bertz CT molecular complexity index is 217. The zero-order valence-corrected chi connectivity index (χ0v) is 9.80. The normalized spacial score (nSPS) is 32.0. The molecule has 2 nitrogen and oxygen atoms in total. The molecule has 0 aromatic rings. The van der Waals surface area contributed by atoms with Gasteiger partial charge in [0.15, 0.2) is 0 Å².